The number of hydrogen-bond donors (Lipinski definition) is 2. The maximum absolute atomic E-state index is 12.5. The zero-order valence-electron chi connectivity index (χ0n) is 17.3. The number of amides is 1. The summed E-state index contributed by atoms with van der Waals surface area (Å²) in [7, 11) is -3.47. The molecule has 2 aromatic carbocycles. The van der Waals surface area contributed by atoms with Gasteiger partial charge in [0.25, 0.3) is 0 Å². The molecule has 2 aromatic rings. The van der Waals surface area contributed by atoms with Crippen molar-refractivity contribution in [2.75, 3.05) is 17.6 Å². The third kappa shape index (κ3) is 7.89. The minimum atomic E-state index is -3.47. The molecule has 1 amide bonds. The van der Waals surface area contributed by atoms with Crippen molar-refractivity contribution in [3.05, 3.63) is 59.7 Å². The standard InChI is InChI=1S/C21H24F2N2O5S/c1-4-29-19-13-15(9-11-18(19)30-21(22)23)10-12-20(26)24-14(2)16-7-5-6-8-17(16)25-31(3,27)28/h5-14,21,25H,4H2,1-3H3,(H,24,26). The molecule has 1 unspecified atom stereocenters. The molecule has 2 N–H and O–H groups in total. The molecule has 0 saturated heterocycles. The van der Waals surface area contributed by atoms with Gasteiger partial charge in [-0.05, 0) is 49.2 Å². The Kier molecular flexibility index (Phi) is 8.38. The Morgan fingerprint density at radius 1 is 1.16 bits per heavy atom. The van der Waals surface area contributed by atoms with E-state index in [1.165, 1.54) is 30.4 Å². The van der Waals surface area contributed by atoms with Crippen molar-refractivity contribution >= 4 is 27.7 Å². The van der Waals surface area contributed by atoms with Gasteiger partial charge in [-0.15, -0.1) is 0 Å². The number of hydrogen-bond acceptors (Lipinski definition) is 5. The lowest BCUT2D eigenvalue weighted by Gasteiger charge is -2.17. The predicted molar refractivity (Wildman–Crippen MR) is 115 cm³/mol. The van der Waals surface area contributed by atoms with E-state index in [4.69, 9.17) is 4.74 Å². The third-order valence-corrected chi connectivity index (χ3v) is 4.58. The van der Waals surface area contributed by atoms with Crippen LogP contribution in [0.4, 0.5) is 14.5 Å². The van der Waals surface area contributed by atoms with Crippen LogP contribution in [0.15, 0.2) is 48.5 Å². The van der Waals surface area contributed by atoms with E-state index in [1.807, 2.05) is 0 Å². The van der Waals surface area contributed by atoms with Crippen LogP contribution in [0.3, 0.4) is 0 Å². The van der Waals surface area contributed by atoms with Gasteiger partial charge in [-0.2, -0.15) is 8.78 Å². The van der Waals surface area contributed by atoms with Crippen molar-refractivity contribution in [1.29, 1.82) is 0 Å². The van der Waals surface area contributed by atoms with Gasteiger partial charge in [-0.25, -0.2) is 8.42 Å². The molecular formula is C21H24F2N2O5S. The zero-order valence-corrected chi connectivity index (χ0v) is 18.1. The van der Waals surface area contributed by atoms with E-state index in [9.17, 15) is 22.0 Å². The van der Waals surface area contributed by atoms with Gasteiger partial charge in [0.1, 0.15) is 0 Å². The minimum Gasteiger partial charge on any atom is -0.490 e. The van der Waals surface area contributed by atoms with Gasteiger partial charge in [0.05, 0.1) is 24.6 Å². The Balaban J connectivity index is 2.11. The number of carbonyl (C=O) groups is 1. The molecule has 7 nitrogen and oxygen atoms in total. The second-order valence-electron chi connectivity index (χ2n) is 6.54. The molecule has 0 aliphatic rings. The highest BCUT2D eigenvalue weighted by atomic mass is 32.2. The number of sulfonamides is 1. The number of ether oxygens (including phenoxy) is 2. The van der Waals surface area contributed by atoms with Gasteiger partial charge in [-0.3, -0.25) is 9.52 Å². The van der Waals surface area contributed by atoms with E-state index in [1.54, 1.807) is 38.1 Å². The highest BCUT2D eigenvalue weighted by Crippen LogP contribution is 2.30. The molecule has 0 radical (unpaired) electrons. The maximum atomic E-state index is 12.5. The molecule has 0 aliphatic carbocycles. The average molecular weight is 454 g/mol. The molecule has 1 atom stereocenters. The van der Waals surface area contributed by atoms with E-state index in [0.717, 1.165) is 6.26 Å². The molecule has 0 heterocycles. The van der Waals surface area contributed by atoms with Gasteiger partial charge < -0.3 is 14.8 Å². The average Bonchev–Trinajstić information content (AvgIpc) is 2.67. The Morgan fingerprint density at radius 2 is 1.87 bits per heavy atom. The topological polar surface area (TPSA) is 93.7 Å². The fourth-order valence-corrected chi connectivity index (χ4v) is 3.35. The molecule has 0 saturated carbocycles. The third-order valence-electron chi connectivity index (χ3n) is 3.99. The maximum Gasteiger partial charge on any atom is 0.387 e. The van der Waals surface area contributed by atoms with Crippen molar-refractivity contribution < 1.29 is 31.5 Å². The first-order valence-electron chi connectivity index (χ1n) is 9.36. The first kappa shape index (κ1) is 24.1. The summed E-state index contributed by atoms with van der Waals surface area (Å²) in [5.41, 5.74) is 1.52. The number of benzene rings is 2. The quantitative estimate of drug-likeness (QED) is 0.530. The fraction of sp³-hybridized carbons (Fsp3) is 0.286. The number of anilines is 1. The van der Waals surface area contributed by atoms with Crippen LogP contribution < -0.4 is 19.5 Å². The number of nitrogens with one attached hydrogen (secondary N) is 2. The molecular weight excluding hydrogens is 430 g/mol. The van der Waals surface area contributed by atoms with Gasteiger partial charge in [0.2, 0.25) is 15.9 Å². The summed E-state index contributed by atoms with van der Waals surface area (Å²) >= 11 is 0. The number of para-hydroxylation sites is 1. The summed E-state index contributed by atoms with van der Waals surface area (Å²) in [5.74, 6) is -0.380. The Bertz CT molecular complexity index is 1040. The van der Waals surface area contributed by atoms with Gasteiger partial charge in [-0.1, -0.05) is 24.3 Å². The van der Waals surface area contributed by atoms with Crippen LogP contribution in [0.5, 0.6) is 11.5 Å². The Labute approximate surface area is 180 Å². The largest absolute Gasteiger partial charge is 0.490 e. The normalized spacial score (nSPS) is 12.6. The number of carbonyl (C=O) groups excluding carboxylic acids is 1. The Morgan fingerprint density at radius 3 is 2.52 bits per heavy atom. The van der Waals surface area contributed by atoms with Crippen molar-refractivity contribution in [2.45, 2.75) is 26.5 Å². The Hall–Kier alpha value is -3.14. The summed E-state index contributed by atoms with van der Waals surface area (Å²) in [6, 6.07) is 10.6. The molecule has 0 aliphatic heterocycles. The first-order valence-corrected chi connectivity index (χ1v) is 11.2. The summed E-state index contributed by atoms with van der Waals surface area (Å²) in [4.78, 5) is 12.3. The highest BCUT2D eigenvalue weighted by molar-refractivity contribution is 7.92. The van der Waals surface area contributed by atoms with E-state index in [2.05, 4.69) is 14.8 Å². The smallest absolute Gasteiger partial charge is 0.387 e. The zero-order chi connectivity index (χ0) is 23.0. The number of rotatable bonds is 10. The van der Waals surface area contributed by atoms with Crippen LogP contribution >= 0.6 is 0 Å². The van der Waals surface area contributed by atoms with Crippen molar-refractivity contribution in [3.8, 4) is 11.5 Å². The lowest BCUT2D eigenvalue weighted by molar-refractivity contribution is -0.117. The molecule has 0 bridgehead atoms. The van der Waals surface area contributed by atoms with Crippen LogP contribution in [0, 0.1) is 0 Å². The van der Waals surface area contributed by atoms with Crippen molar-refractivity contribution in [2.24, 2.45) is 0 Å². The lowest BCUT2D eigenvalue weighted by atomic mass is 10.1. The monoisotopic (exact) mass is 454 g/mol. The van der Waals surface area contributed by atoms with Crippen LogP contribution in [-0.4, -0.2) is 33.8 Å². The summed E-state index contributed by atoms with van der Waals surface area (Å²) in [6.07, 6.45) is 3.82. The molecule has 10 heteroatoms. The van der Waals surface area contributed by atoms with Crippen molar-refractivity contribution in [1.82, 2.24) is 5.32 Å². The molecule has 168 valence electrons. The second kappa shape index (κ2) is 10.8. The van der Waals surface area contributed by atoms with Crippen molar-refractivity contribution in [3.63, 3.8) is 0 Å². The van der Waals surface area contributed by atoms with E-state index < -0.39 is 28.6 Å². The first-order chi connectivity index (χ1) is 14.6. The summed E-state index contributed by atoms with van der Waals surface area (Å²) in [6.45, 7) is 0.706. The summed E-state index contributed by atoms with van der Waals surface area (Å²) in [5, 5.41) is 2.75. The molecule has 0 spiro atoms. The van der Waals surface area contributed by atoms with Crippen LogP contribution in [-0.2, 0) is 14.8 Å². The van der Waals surface area contributed by atoms with Crippen LogP contribution in [0.25, 0.3) is 6.08 Å². The molecule has 0 fully saturated rings. The number of halogens is 2. The minimum absolute atomic E-state index is 0.0953. The van der Waals surface area contributed by atoms with E-state index in [0.29, 0.717) is 16.8 Å². The lowest BCUT2D eigenvalue weighted by Crippen LogP contribution is -2.25. The van der Waals surface area contributed by atoms with Crippen LogP contribution in [0.2, 0.25) is 0 Å². The number of alkyl halides is 2. The fourth-order valence-electron chi connectivity index (χ4n) is 2.77. The molecule has 0 aromatic heterocycles. The molecule has 31 heavy (non-hydrogen) atoms. The van der Waals surface area contributed by atoms with Gasteiger partial charge in [0.15, 0.2) is 11.5 Å². The SMILES string of the molecule is CCOc1cc(C=CC(=O)NC(C)c2ccccc2NS(C)(=O)=O)ccc1OC(F)F. The van der Waals surface area contributed by atoms with Crippen LogP contribution in [0.1, 0.15) is 31.0 Å². The van der Waals surface area contributed by atoms with E-state index >= 15 is 0 Å². The highest BCUT2D eigenvalue weighted by Gasteiger charge is 2.14. The second-order valence-corrected chi connectivity index (χ2v) is 8.29. The molecule has 2 rings (SSSR count). The van der Waals surface area contributed by atoms with E-state index in [-0.39, 0.29) is 18.1 Å². The van der Waals surface area contributed by atoms with Gasteiger partial charge >= 0.3 is 6.61 Å². The summed E-state index contributed by atoms with van der Waals surface area (Å²) < 4.78 is 60.2. The predicted octanol–water partition coefficient (Wildman–Crippen LogP) is 3.95. The van der Waals surface area contributed by atoms with Gasteiger partial charge in [0, 0.05) is 6.08 Å².